The summed E-state index contributed by atoms with van der Waals surface area (Å²) in [5.74, 6) is -1.21. The van der Waals surface area contributed by atoms with Crippen LogP contribution >= 0.6 is 0 Å². The molecular formula is C4H8N2O4. The highest BCUT2D eigenvalue weighted by molar-refractivity contribution is 5.72. The molecule has 0 amide bonds. The SMILES string of the molecule is NC(CC[N+](=O)[O-])C(=O)O. The van der Waals surface area contributed by atoms with Gasteiger partial charge in [0.2, 0.25) is 6.54 Å². The molecule has 1 unspecified atom stereocenters. The maximum atomic E-state index is 9.96. The molecular weight excluding hydrogens is 140 g/mol. The van der Waals surface area contributed by atoms with Crippen LogP contribution < -0.4 is 5.73 Å². The number of nitrogens with zero attached hydrogens (tertiary/aromatic N) is 1. The summed E-state index contributed by atoms with van der Waals surface area (Å²) in [7, 11) is 0. The van der Waals surface area contributed by atoms with Gasteiger partial charge in [0, 0.05) is 11.3 Å². The van der Waals surface area contributed by atoms with Crippen LogP contribution in [0.4, 0.5) is 0 Å². The quantitative estimate of drug-likeness (QED) is 0.395. The lowest BCUT2D eigenvalue weighted by Gasteiger charge is -1.99. The summed E-state index contributed by atoms with van der Waals surface area (Å²) < 4.78 is 0. The van der Waals surface area contributed by atoms with Crippen molar-refractivity contribution in [1.82, 2.24) is 0 Å². The molecule has 0 saturated heterocycles. The number of aliphatic carboxylic acids is 1. The van der Waals surface area contributed by atoms with Gasteiger partial charge in [-0.2, -0.15) is 0 Å². The molecule has 0 fully saturated rings. The van der Waals surface area contributed by atoms with Crippen molar-refractivity contribution in [2.24, 2.45) is 5.73 Å². The van der Waals surface area contributed by atoms with Crippen molar-refractivity contribution in [3.05, 3.63) is 10.1 Å². The highest BCUT2D eigenvalue weighted by Gasteiger charge is 2.13. The Morgan fingerprint density at radius 3 is 2.60 bits per heavy atom. The third-order valence-corrected chi connectivity index (χ3v) is 0.940. The lowest BCUT2D eigenvalue weighted by Crippen LogP contribution is -2.32. The minimum absolute atomic E-state index is 0.123. The minimum atomic E-state index is -1.21. The molecule has 0 aliphatic rings. The third-order valence-electron chi connectivity index (χ3n) is 0.940. The van der Waals surface area contributed by atoms with Gasteiger partial charge in [-0.1, -0.05) is 0 Å². The van der Waals surface area contributed by atoms with Crippen molar-refractivity contribution in [2.45, 2.75) is 12.5 Å². The maximum absolute atomic E-state index is 9.96. The van der Waals surface area contributed by atoms with Crippen LogP contribution in [0.1, 0.15) is 6.42 Å². The summed E-state index contributed by atoms with van der Waals surface area (Å²) in [5.41, 5.74) is 4.96. The first-order valence-corrected chi connectivity index (χ1v) is 2.64. The number of carboxylic acids is 1. The minimum Gasteiger partial charge on any atom is -0.480 e. The molecule has 0 aliphatic carbocycles. The van der Waals surface area contributed by atoms with Crippen LogP contribution in [0.2, 0.25) is 0 Å². The summed E-state index contributed by atoms with van der Waals surface area (Å²) in [6.07, 6.45) is -0.123. The van der Waals surface area contributed by atoms with E-state index >= 15 is 0 Å². The monoisotopic (exact) mass is 148 g/mol. The number of rotatable bonds is 4. The fraction of sp³-hybridized carbons (Fsp3) is 0.750. The van der Waals surface area contributed by atoms with E-state index in [0.29, 0.717) is 0 Å². The number of hydrogen-bond acceptors (Lipinski definition) is 4. The van der Waals surface area contributed by atoms with E-state index in [1.54, 1.807) is 0 Å². The summed E-state index contributed by atoms with van der Waals surface area (Å²) >= 11 is 0. The van der Waals surface area contributed by atoms with Crippen LogP contribution in [-0.4, -0.2) is 28.6 Å². The normalized spacial score (nSPS) is 12.5. The van der Waals surface area contributed by atoms with Gasteiger partial charge in [-0.3, -0.25) is 14.9 Å². The van der Waals surface area contributed by atoms with Gasteiger partial charge in [0.05, 0.1) is 0 Å². The Labute approximate surface area is 56.8 Å². The molecule has 0 heterocycles. The molecule has 0 aromatic rings. The van der Waals surface area contributed by atoms with Gasteiger partial charge in [-0.15, -0.1) is 0 Å². The zero-order chi connectivity index (χ0) is 8.15. The molecule has 0 saturated carbocycles. The second kappa shape index (κ2) is 3.78. The maximum Gasteiger partial charge on any atom is 0.320 e. The van der Waals surface area contributed by atoms with Gasteiger partial charge in [-0.25, -0.2) is 0 Å². The molecule has 0 aromatic carbocycles. The molecule has 10 heavy (non-hydrogen) atoms. The average Bonchev–Trinajstić information content (AvgIpc) is 1.82. The molecule has 58 valence electrons. The molecule has 0 radical (unpaired) electrons. The smallest absolute Gasteiger partial charge is 0.320 e. The highest BCUT2D eigenvalue weighted by atomic mass is 16.6. The van der Waals surface area contributed by atoms with Gasteiger partial charge in [0.1, 0.15) is 6.04 Å². The zero-order valence-corrected chi connectivity index (χ0v) is 5.19. The zero-order valence-electron chi connectivity index (χ0n) is 5.19. The van der Waals surface area contributed by atoms with E-state index in [4.69, 9.17) is 10.8 Å². The van der Waals surface area contributed by atoms with Gasteiger partial charge < -0.3 is 10.8 Å². The fourth-order valence-corrected chi connectivity index (χ4v) is 0.368. The van der Waals surface area contributed by atoms with E-state index in [1.807, 2.05) is 0 Å². The van der Waals surface area contributed by atoms with Gasteiger partial charge in [0.15, 0.2) is 0 Å². The van der Waals surface area contributed by atoms with E-state index in [2.05, 4.69) is 0 Å². The molecule has 0 aliphatic heterocycles. The Kier molecular flexibility index (Phi) is 3.34. The van der Waals surface area contributed by atoms with E-state index in [1.165, 1.54) is 0 Å². The Balaban J connectivity index is 3.49. The second-order valence-corrected chi connectivity index (χ2v) is 1.79. The number of carbonyl (C=O) groups is 1. The predicted octanol–water partition coefficient (Wildman–Crippen LogP) is -0.935. The molecule has 6 heteroatoms. The topological polar surface area (TPSA) is 106 Å². The van der Waals surface area contributed by atoms with E-state index in [-0.39, 0.29) is 6.42 Å². The molecule has 6 nitrogen and oxygen atoms in total. The number of nitrogens with two attached hydrogens (primary N) is 1. The molecule has 0 spiro atoms. The Bertz CT molecular complexity index is 146. The average molecular weight is 148 g/mol. The summed E-state index contributed by atoms with van der Waals surface area (Å²) in [6, 6.07) is -1.12. The standard InChI is InChI=1S/C4H8N2O4/c5-3(4(7)8)1-2-6(9)10/h3H,1-2,5H2,(H,7,8). The van der Waals surface area contributed by atoms with Gasteiger partial charge >= 0.3 is 5.97 Å². The Morgan fingerprint density at radius 2 is 2.30 bits per heavy atom. The number of nitro groups is 1. The van der Waals surface area contributed by atoms with Gasteiger partial charge in [0.25, 0.3) is 0 Å². The third kappa shape index (κ3) is 3.79. The van der Waals surface area contributed by atoms with Crippen LogP contribution in [0, 0.1) is 10.1 Å². The van der Waals surface area contributed by atoms with Crippen LogP contribution in [0.5, 0.6) is 0 Å². The van der Waals surface area contributed by atoms with Crippen molar-refractivity contribution in [3.63, 3.8) is 0 Å². The molecule has 0 aromatic heterocycles. The van der Waals surface area contributed by atoms with Crippen molar-refractivity contribution < 1.29 is 14.8 Å². The van der Waals surface area contributed by atoms with Crippen LogP contribution in [0.25, 0.3) is 0 Å². The summed E-state index contributed by atoms with van der Waals surface area (Å²) in [4.78, 5) is 19.1. The second-order valence-electron chi connectivity index (χ2n) is 1.79. The fourth-order valence-electron chi connectivity index (χ4n) is 0.368. The first kappa shape index (κ1) is 8.83. The van der Waals surface area contributed by atoms with Crippen LogP contribution in [-0.2, 0) is 4.79 Å². The first-order valence-electron chi connectivity index (χ1n) is 2.64. The summed E-state index contributed by atoms with van der Waals surface area (Å²) in [5, 5.41) is 17.8. The predicted molar refractivity (Wildman–Crippen MR) is 32.1 cm³/mol. The highest BCUT2D eigenvalue weighted by Crippen LogP contribution is 1.87. The Morgan fingerprint density at radius 1 is 1.80 bits per heavy atom. The lowest BCUT2D eigenvalue weighted by molar-refractivity contribution is -0.480. The molecule has 0 rings (SSSR count). The van der Waals surface area contributed by atoms with Crippen molar-refractivity contribution in [2.75, 3.05) is 6.54 Å². The largest absolute Gasteiger partial charge is 0.480 e. The number of carboxylic acid groups (broad SMARTS) is 1. The van der Waals surface area contributed by atoms with Crippen LogP contribution in [0.15, 0.2) is 0 Å². The van der Waals surface area contributed by atoms with Crippen molar-refractivity contribution in [1.29, 1.82) is 0 Å². The van der Waals surface area contributed by atoms with Crippen molar-refractivity contribution >= 4 is 5.97 Å². The molecule has 1 atom stereocenters. The first-order chi connectivity index (χ1) is 4.54. The summed E-state index contributed by atoms with van der Waals surface area (Å²) in [6.45, 7) is -0.395. The van der Waals surface area contributed by atoms with Crippen LogP contribution in [0.3, 0.4) is 0 Å². The molecule has 3 N–H and O–H groups in total. The Hall–Kier alpha value is -1.17. The van der Waals surface area contributed by atoms with E-state index < -0.39 is 23.5 Å². The van der Waals surface area contributed by atoms with E-state index in [9.17, 15) is 14.9 Å². The van der Waals surface area contributed by atoms with E-state index in [0.717, 1.165) is 0 Å². The molecule has 0 bridgehead atoms. The van der Waals surface area contributed by atoms with Crippen molar-refractivity contribution in [3.8, 4) is 0 Å². The number of hydrogen-bond donors (Lipinski definition) is 2. The lowest BCUT2D eigenvalue weighted by atomic mass is 10.2. The van der Waals surface area contributed by atoms with Gasteiger partial charge in [-0.05, 0) is 0 Å².